The molecule has 0 radical (unpaired) electrons. The van der Waals surface area contributed by atoms with Crippen LogP contribution < -0.4 is 21.3 Å². The molecule has 4 N–H and O–H groups in total. The van der Waals surface area contributed by atoms with Crippen molar-refractivity contribution in [1.82, 2.24) is 5.32 Å². The lowest BCUT2D eigenvalue weighted by molar-refractivity contribution is 0.0925. The predicted molar refractivity (Wildman–Crippen MR) is 115 cm³/mol. The number of amides is 5. The molecule has 0 saturated heterocycles. The first-order valence-corrected chi connectivity index (χ1v) is 9.45. The zero-order valence-corrected chi connectivity index (χ0v) is 16.3. The van der Waals surface area contributed by atoms with E-state index in [1.165, 1.54) is 0 Å². The number of carbonyl (C=O) groups excluding carboxylic acids is 4. The summed E-state index contributed by atoms with van der Waals surface area (Å²) in [4.78, 5) is 49.8. The van der Waals surface area contributed by atoms with Crippen LogP contribution in [-0.4, -0.2) is 23.8 Å². The number of fused-ring (bicyclic) bond motifs is 1. The molecule has 0 spiro atoms. The van der Waals surface area contributed by atoms with Gasteiger partial charge in [0.2, 0.25) is 0 Å². The Bertz CT molecular complexity index is 1170. The summed E-state index contributed by atoms with van der Waals surface area (Å²) in [5.41, 5.74) is 7.77. The summed E-state index contributed by atoms with van der Waals surface area (Å²) in [7, 11) is 0. The first-order chi connectivity index (χ1) is 14.9. The monoisotopic (exact) mass is 414 g/mol. The molecule has 0 unspecified atom stereocenters. The van der Waals surface area contributed by atoms with E-state index in [1.807, 2.05) is 0 Å². The highest BCUT2D eigenvalue weighted by Gasteiger charge is 2.36. The lowest BCUT2D eigenvalue weighted by atomic mass is 10.1. The quantitative estimate of drug-likeness (QED) is 0.556. The summed E-state index contributed by atoms with van der Waals surface area (Å²) < 4.78 is 0. The van der Waals surface area contributed by atoms with Gasteiger partial charge in [-0.1, -0.05) is 30.3 Å². The Morgan fingerprint density at radius 3 is 2.10 bits per heavy atom. The molecule has 3 aromatic carbocycles. The zero-order valence-electron chi connectivity index (χ0n) is 16.3. The number of benzene rings is 3. The van der Waals surface area contributed by atoms with Gasteiger partial charge >= 0.3 is 6.03 Å². The van der Waals surface area contributed by atoms with E-state index in [-0.39, 0.29) is 12.5 Å². The van der Waals surface area contributed by atoms with Crippen LogP contribution in [-0.2, 0) is 6.54 Å². The molecule has 4 rings (SSSR count). The van der Waals surface area contributed by atoms with E-state index >= 15 is 0 Å². The van der Waals surface area contributed by atoms with Crippen molar-refractivity contribution in [1.29, 1.82) is 0 Å². The van der Waals surface area contributed by atoms with Gasteiger partial charge in [-0.2, -0.15) is 0 Å². The van der Waals surface area contributed by atoms with Crippen molar-refractivity contribution in [2.24, 2.45) is 5.73 Å². The Labute approximate surface area is 177 Å². The fourth-order valence-electron chi connectivity index (χ4n) is 3.31. The fourth-order valence-corrected chi connectivity index (χ4v) is 3.31. The van der Waals surface area contributed by atoms with Crippen molar-refractivity contribution in [2.75, 3.05) is 10.2 Å². The fraction of sp³-hybridized carbons (Fsp3) is 0.0435. The zero-order chi connectivity index (χ0) is 22.0. The normalized spacial score (nSPS) is 12.5. The summed E-state index contributed by atoms with van der Waals surface area (Å²) in [6, 6.07) is 19.2. The van der Waals surface area contributed by atoms with Crippen molar-refractivity contribution in [3.05, 3.63) is 95.1 Å². The van der Waals surface area contributed by atoms with E-state index in [2.05, 4.69) is 10.6 Å². The Morgan fingerprint density at radius 2 is 1.48 bits per heavy atom. The molecular weight excluding hydrogens is 396 g/mol. The van der Waals surface area contributed by atoms with Crippen molar-refractivity contribution in [3.63, 3.8) is 0 Å². The maximum Gasteiger partial charge on any atom is 0.312 e. The topological polar surface area (TPSA) is 122 Å². The van der Waals surface area contributed by atoms with Crippen molar-refractivity contribution < 1.29 is 19.2 Å². The van der Waals surface area contributed by atoms with Gasteiger partial charge in [0, 0.05) is 17.8 Å². The number of nitrogens with zero attached hydrogens (tertiary/aromatic N) is 1. The van der Waals surface area contributed by atoms with Crippen molar-refractivity contribution in [2.45, 2.75) is 6.54 Å². The van der Waals surface area contributed by atoms with Gasteiger partial charge in [-0.3, -0.25) is 14.4 Å². The van der Waals surface area contributed by atoms with E-state index in [0.717, 1.165) is 10.5 Å². The van der Waals surface area contributed by atoms with Gasteiger partial charge in [0.15, 0.2) is 0 Å². The van der Waals surface area contributed by atoms with Crippen LogP contribution >= 0.6 is 0 Å². The second-order valence-electron chi connectivity index (χ2n) is 6.91. The van der Waals surface area contributed by atoms with E-state index in [4.69, 9.17) is 5.73 Å². The molecule has 5 amide bonds. The molecule has 8 nitrogen and oxygen atoms in total. The van der Waals surface area contributed by atoms with Crippen molar-refractivity contribution in [3.8, 4) is 0 Å². The van der Waals surface area contributed by atoms with Gasteiger partial charge in [0.05, 0.1) is 16.8 Å². The number of hydrogen-bond acceptors (Lipinski definition) is 4. The molecule has 0 saturated carbocycles. The number of imide groups is 1. The Hall–Kier alpha value is -4.46. The largest absolute Gasteiger partial charge is 0.352 e. The molecule has 0 aromatic heterocycles. The molecule has 1 aliphatic rings. The van der Waals surface area contributed by atoms with Crippen LogP contribution in [0.1, 0.15) is 36.6 Å². The number of primary amides is 1. The highest BCUT2D eigenvalue weighted by atomic mass is 16.2. The van der Waals surface area contributed by atoms with Gasteiger partial charge < -0.3 is 16.4 Å². The third-order valence-electron chi connectivity index (χ3n) is 4.84. The van der Waals surface area contributed by atoms with Crippen LogP contribution in [0, 0.1) is 0 Å². The molecule has 8 heteroatoms. The Morgan fingerprint density at radius 1 is 0.839 bits per heavy atom. The maximum absolute atomic E-state index is 12.7. The lowest BCUT2D eigenvalue weighted by Crippen LogP contribution is -2.29. The second kappa shape index (κ2) is 8.11. The lowest BCUT2D eigenvalue weighted by Gasteiger charge is -2.15. The van der Waals surface area contributed by atoms with E-state index in [0.29, 0.717) is 28.1 Å². The van der Waals surface area contributed by atoms with Crippen LogP contribution in [0.3, 0.4) is 0 Å². The number of nitrogens with two attached hydrogens (primary N) is 1. The van der Waals surface area contributed by atoms with Crippen molar-refractivity contribution >= 4 is 35.1 Å². The van der Waals surface area contributed by atoms with Gasteiger partial charge in [0.25, 0.3) is 17.7 Å². The molecular formula is C23H18N4O4. The molecule has 0 atom stereocenters. The van der Waals surface area contributed by atoms with Gasteiger partial charge in [-0.15, -0.1) is 0 Å². The molecule has 0 fully saturated rings. The third kappa shape index (κ3) is 3.99. The smallest absolute Gasteiger partial charge is 0.312 e. The molecule has 0 aliphatic carbocycles. The van der Waals surface area contributed by atoms with Crippen LogP contribution in [0.5, 0.6) is 0 Å². The molecule has 3 aromatic rings. The molecule has 1 aliphatic heterocycles. The number of carbonyl (C=O) groups is 4. The van der Waals surface area contributed by atoms with Crippen LogP contribution in [0.25, 0.3) is 0 Å². The van der Waals surface area contributed by atoms with Crippen LogP contribution in [0.2, 0.25) is 0 Å². The Kier molecular flexibility index (Phi) is 5.19. The van der Waals surface area contributed by atoms with Gasteiger partial charge in [-0.05, 0) is 48.0 Å². The number of hydrogen-bond donors (Lipinski definition) is 3. The number of anilines is 2. The minimum Gasteiger partial charge on any atom is -0.352 e. The second-order valence-corrected chi connectivity index (χ2v) is 6.91. The van der Waals surface area contributed by atoms with E-state index in [1.54, 1.807) is 72.8 Å². The molecule has 31 heavy (non-hydrogen) atoms. The Balaban J connectivity index is 1.49. The molecule has 0 bridgehead atoms. The predicted octanol–water partition coefficient (Wildman–Crippen LogP) is 2.91. The first kappa shape index (κ1) is 19.8. The molecule has 1 heterocycles. The molecule has 154 valence electrons. The maximum atomic E-state index is 12.7. The number of rotatable bonds is 5. The minimum absolute atomic E-state index is 0.263. The summed E-state index contributed by atoms with van der Waals surface area (Å²) in [5, 5.41) is 5.24. The summed E-state index contributed by atoms with van der Waals surface area (Å²) in [6.45, 7) is 0.263. The number of nitrogens with one attached hydrogen (secondary N) is 2. The summed E-state index contributed by atoms with van der Waals surface area (Å²) in [6.07, 6.45) is 0. The SMILES string of the molecule is NC(=O)NCc1ccc(C(=O)Nc2cccc(N3C(=O)c4ccccc4C3=O)c2)cc1. The number of urea groups is 1. The van der Waals surface area contributed by atoms with Gasteiger partial charge in [-0.25, -0.2) is 9.69 Å². The van der Waals surface area contributed by atoms with E-state index < -0.39 is 17.8 Å². The third-order valence-corrected chi connectivity index (χ3v) is 4.84. The van der Waals surface area contributed by atoms with Gasteiger partial charge in [0.1, 0.15) is 0 Å². The average molecular weight is 414 g/mol. The van der Waals surface area contributed by atoms with E-state index in [9.17, 15) is 19.2 Å². The summed E-state index contributed by atoms with van der Waals surface area (Å²) >= 11 is 0. The summed E-state index contributed by atoms with van der Waals surface area (Å²) in [5.74, 6) is -1.15. The van der Waals surface area contributed by atoms with Crippen LogP contribution in [0.15, 0.2) is 72.8 Å². The average Bonchev–Trinajstić information content (AvgIpc) is 3.03. The first-order valence-electron chi connectivity index (χ1n) is 9.45. The highest BCUT2D eigenvalue weighted by Crippen LogP contribution is 2.29. The van der Waals surface area contributed by atoms with Crippen LogP contribution in [0.4, 0.5) is 16.2 Å². The minimum atomic E-state index is -0.625. The standard InChI is InChI=1S/C23H18N4O4/c24-23(31)25-13-14-8-10-15(11-9-14)20(28)26-16-4-3-5-17(12-16)27-21(29)18-6-1-2-7-19(18)22(27)30/h1-12H,13H2,(H,26,28)(H3,24,25,31). The highest BCUT2D eigenvalue weighted by molar-refractivity contribution is 6.34.